The first kappa shape index (κ1) is 17.2. The van der Waals surface area contributed by atoms with Gasteiger partial charge in [-0.1, -0.05) is 24.5 Å². The fourth-order valence-corrected chi connectivity index (χ4v) is 6.99. The SMILES string of the molecule is C#C[C@]1(OC(C)=O)CCC2C3CCC4=C[C@@H](O)CCC4C3CC[C@@]21C. The number of esters is 1. The quantitative estimate of drug-likeness (QED) is 0.447. The number of ether oxygens (including phenoxy) is 1. The molecule has 3 fully saturated rings. The van der Waals surface area contributed by atoms with Gasteiger partial charge in [-0.25, -0.2) is 0 Å². The molecule has 3 nitrogen and oxygen atoms in total. The molecule has 0 aromatic rings. The van der Waals surface area contributed by atoms with E-state index in [-0.39, 0.29) is 17.5 Å². The van der Waals surface area contributed by atoms with Gasteiger partial charge in [0.2, 0.25) is 0 Å². The molecule has 7 atom stereocenters. The summed E-state index contributed by atoms with van der Waals surface area (Å²) in [6.45, 7) is 3.76. The van der Waals surface area contributed by atoms with Crippen LogP contribution < -0.4 is 0 Å². The van der Waals surface area contributed by atoms with Crippen molar-refractivity contribution in [3.8, 4) is 12.3 Å². The summed E-state index contributed by atoms with van der Waals surface area (Å²) < 4.78 is 5.80. The third-order valence-electron chi connectivity index (χ3n) is 8.10. The predicted octanol–water partition coefficient (Wildman–Crippen LogP) is 3.86. The van der Waals surface area contributed by atoms with Crippen molar-refractivity contribution in [3.63, 3.8) is 0 Å². The second-order valence-electron chi connectivity index (χ2n) is 9.03. The monoisotopic (exact) mass is 342 g/mol. The van der Waals surface area contributed by atoms with Crippen molar-refractivity contribution >= 4 is 5.97 Å². The van der Waals surface area contributed by atoms with E-state index in [9.17, 15) is 9.90 Å². The lowest BCUT2D eigenvalue weighted by Crippen LogP contribution is -2.53. The molecule has 4 rings (SSSR count). The van der Waals surface area contributed by atoms with E-state index >= 15 is 0 Å². The number of fused-ring (bicyclic) bond motifs is 5. The molecule has 25 heavy (non-hydrogen) atoms. The topological polar surface area (TPSA) is 46.5 Å². The van der Waals surface area contributed by atoms with Crippen molar-refractivity contribution in [1.82, 2.24) is 0 Å². The van der Waals surface area contributed by atoms with Crippen molar-refractivity contribution in [2.24, 2.45) is 29.1 Å². The largest absolute Gasteiger partial charge is 0.445 e. The first-order valence-corrected chi connectivity index (χ1v) is 9.96. The summed E-state index contributed by atoms with van der Waals surface area (Å²) in [5, 5.41) is 9.97. The van der Waals surface area contributed by atoms with Crippen LogP contribution in [0.15, 0.2) is 11.6 Å². The fourth-order valence-electron chi connectivity index (χ4n) is 6.99. The highest BCUT2D eigenvalue weighted by Crippen LogP contribution is 2.65. The Hall–Kier alpha value is -1.27. The summed E-state index contributed by atoms with van der Waals surface area (Å²) >= 11 is 0. The Morgan fingerprint density at radius 1 is 1.24 bits per heavy atom. The Kier molecular flexibility index (Phi) is 4.03. The van der Waals surface area contributed by atoms with Crippen LogP contribution in [0.4, 0.5) is 0 Å². The number of allylic oxidation sites excluding steroid dienone is 1. The molecule has 0 aliphatic heterocycles. The van der Waals surface area contributed by atoms with Crippen LogP contribution in [-0.4, -0.2) is 22.8 Å². The third-order valence-corrected chi connectivity index (χ3v) is 8.10. The number of terminal acetylenes is 1. The van der Waals surface area contributed by atoms with Crippen LogP contribution in [0, 0.1) is 41.4 Å². The van der Waals surface area contributed by atoms with Crippen LogP contribution in [-0.2, 0) is 9.53 Å². The molecule has 0 aromatic carbocycles. The van der Waals surface area contributed by atoms with E-state index in [2.05, 4.69) is 18.9 Å². The molecule has 4 aliphatic rings. The maximum Gasteiger partial charge on any atom is 0.304 e. The van der Waals surface area contributed by atoms with Gasteiger partial charge in [0, 0.05) is 12.3 Å². The van der Waals surface area contributed by atoms with Crippen molar-refractivity contribution in [2.45, 2.75) is 76.9 Å². The number of carbonyl (C=O) groups is 1. The van der Waals surface area contributed by atoms with Crippen molar-refractivity contribution < 1.29 is 14.6 Å². The third kappa shape index (κ3) is 2.40. The summed E-state index contributed by atoms with van der Waals surface area (Å²) in [6, 6.07) is 0. The van der Waals surface area contributed by atoms with Gasteiger partial charge >= 0.3 is 5.97 Å². The molecule has 0 aromatic heterocycles. The van der Waals surface area contributed by atoms with Gasteiger partial charge in [-0.2, -0.15) is 0 Å². The molecular weight excluding hydrogens is 312 g/mol. The molecule has 0 saturated heterocycles. The molecular formula is C22H30O3. The second kappa shape index (κ2) is 5.88. The van der Waals surface area contributed by atoms with E-state index < -0.39 is 5.60 Å². The van der Waals surface area contributed by atoms with E-state index in [0.29, 0.717) is 17.8 Å². The summed E-state index contributed by atoms with van der Waals surface area (Å²) in [4.78, 5) is 11.7. The van der Waals surface area contributed by atoms with Gasteiger partial charge in [-0.05, 0) is 75.0 Å². The molecule has 0 spiro atoms. The van der Waals surface area contributed by atoms with Crippen molar-refractivity contribution in [2.75, 3.05) is 0 Å². The number of carbonyl (C=O) groups excluding carboxylic acids is 1. The van der Waals surface area contributed by atoms with E-state index in [4.69, 9.17) is 11.2 Å². The van der Waals surface area contributed by atoms with Gasteiger partial charge in [0.25, 0.3) is 0 Å². The minimum Gasteiger partial charge on any atom is -0.445 e. The molecule has 3 saturated carbocycles. The Balaban J connectivity index is 1.63. The normalized spacial score (nSPS) is 48.4. The van der Waals surface area contributed by atoms with Crippen molar-refractivity contribution in [1.29, 1.82) is 0 Å². The molecule has 1 N–H and O–H groups in total. The lowest BCUT2D eigenvalue weighted by Gasteiger charge is -2.55. The number of hydrogen-bond donors (Lipinski definition) is 1. The van der Waals surface area contributed by atoms with Crippen LogP contribution in [0.5, 0.6) is 0 Å². The first-order valence-electron chi connectivity index (χ1n) is 9.96. The Morgan fingerprint density at radius 3 is 2.76 bits per heavy atom. The Labute approximate surface area is 151 Å². The zero-order valence-corrected chi connectivity index (χ0v) is 15.5. The van der Waals surface area contributed by atoms with Gasteiger partial charge in [0.05, 0.1) is 6.10 Å². The second-order valence-corrected chi connectivity index (χ2v) is 9.03. The summed E-state index contributed by atoms with van der Waals surface area (Å²) in [5.74, 6) is 5.27. The van der Waals surface area contributed by atoms with Crippen LogP contribution >= 0.6 is 0 Å². The average Bonchev–Trinajstić information content (AvgIpc) is 2.87. The van der Waals surface area contributed by atoms with Crippen LogP contribution in [0.25, 0.3) is 0 Å². The molecule has 0 bridgehead atoms. The lowest BCUT2D eigenvalue weighted by molar-refractivity contribution is -0.167. The fraction of sp³-hybridized carbons (Fsp3) is 0.773. The molecule has 0 heterocycles. The predicted molar refractivity (Wildman–Crippen MR) is 96.4 cm³/mol. The average molecular weight is 342 g/mol. The Bertz CT molecular complexity index is 644. The summed E-state index contributed by atoms with van der Waals surface area (Å²) in [6.07, 6.45) is 16.3. The van der Waals surface area contributed by atoms with E-state index in [0.717, 1.165) is 44.4 Å². The smallest absolute Gasteiger partial charge is 0.304 e. The van der Waals surface area contributed by atoms with E-state index in [1.54, 1.807) is 0 Å². The maximum absolute atomic E-state index is 11.7. The molecule has 0 amide bonds. The molecule has 4 unspecified atom stereocenters. The lowest BCUT2D eigenvalue weighted by atomic mass is 9.50. The zero-order valence-electron chi connectivity index (χ0n) is 15.5. The van der Waals surface area contributed by atoms with Gasteiger partial charge in [-0.15, -0.1) is 6.42 Å². The molecule has 3 heteroatoms. The van der Waals surface area contributed by atoms with Crippen molar-refractivity contribution in [3.05, 3.63) is 11.6 Å². The van der Waals surface area contributed by atoms with E-state index in [1.807, 2.05) is 0 Å². The van der Waals surface area contributed by atoms with Gasteiger partial charge < -0.3 is 9.84 Å². The van der Waals surface area contributed by atoms with E-state index in [1.165, 1.54) is 25.3 Å². The summed E-state index contributed by atoms with van der Waals surface area (Å²) in [5.41, 5.74) is 0.696. The van der Waals surface area contributed by atoms with Gasteiger partial charge in [-0.3, -0.25) is 4.79 Å². The highest BCUT2D eigenvalue weighted by atomic mass is 16.6. The highest BCUT2D eigenvalue weighted by Gasteiger charge is 2.64. The number of aliphatic hydroxyl groups is 1. The molecule has 0 radical (unpaired) electrons. The van der Waals surface area contributed by atoms with Gasteiger partial charge in [0.15, 0.2) is 5.60 Å². The van der Waals surface area contributed by atoms with Gasteiger partial charge in [0.1, 0.15) is 0 Å². The maximum atomic E-state index is 11.7. The number of hydrogen-bond acceptors (Lipinski definition) is 3. The zero-order chi connectivity index (χ0) is 17.8. The number of aliphatic hydroxyl groups excluding tert-OH is 1. The summed E-state index contributed by atoms with van der Waals surface area (Å²) in [7, 11) is 0. The van der Waals surface area contributed by atoms with Crippen LogP contribution in [0.2, 0.25) is 0 Å². The first-order chi connectivity index (χ1) is 11.9. The highest BCUT2D eigenvalue weighted by molar-refractivity contribution is 5.67. The number of rotatable bonds is 1. The molecule has 136 valence electrons. The van der Waals surface area contributed by atoms with Crippen LogP contribution in [0.3, 0.4) is 0 Å². The standard InChI is InChI=1S/C22H30O3/c1-4-22(25-14(2)23)12-10-20-19-7-5-15-13-16(24)6-8-17(15)18(19)9-11-21(20,22)3/h1,13,16-20,24H,5-12H2,2-3H3/t16-,17?,18?,19?,20?,21-,22-/m0/s1. The van der Waals surface area contributed by atoms with Crippen LogP contribution in [0.1, 0.15) is 65.2 Å². The Morgan fingerprint density at radius 2 is 2.04 bits per heavy atom. The minimum atomic E-state index is -0.715. The minimum absolute atomic E-state index is 0.0933. The molecule has 4 aliphatic carbocycles.